The molecule has 0 atom stereocenters. The van der Waals surface area contributed by atoms with E-state index in [2.05, 4.69) is 27.7 Å². The van der Waals surface area contributed by atoms with E-state index in [-0.39, 0.29) is 0 Å². The summed E-state index contributed by atoms with van der Waals surface area (Å²) >= 11 is 1.99. The van der Waals surface area contributed by atoms with Crippen LogP contribution < -0.4 is 0 Å². The Morgan fingerprint density at radius 1 is 1.07 bits per heavy atom. The highest BCUT2D eigenvalue weighted by atomic mass is 32.1. The van der Waals surface area contributed by atoms with Gasteiger partial charge in [-0.1, -0.05) is 13.8 Å². The van der Waals surface area contributed by atoms with Gasteiger partial charge in [-0.25, -0.2) is 0 Å². The highest BCUT2D eigenvalue weighted by molar-refractivity contribution is 7.12. The fraction of sp³-hybridized carbons (Fsp3) is 0.692. The molecule has 1 aromatic heterocycles. The van der Waals surface area contributed by atoms with E-state index in [1.165, 1.54) is 25.7 Å². The van der Waals surface area contributed by atoms with Gasteiger partial charge >= 0.3 is 0 Å². The lowest BCUT2D eigenvalue weighted by atomic mass is 9.83. The zero-order valence-electron chi connectivity index (χ0n) is 9.74. The van der Waals surface area contributed by atoms with Gasteiger partial charge in [0.15, 0.2) is 0 Å². The van der Waals surface area contributed by atoms with Crippen LogP contribution in [0.25, 0.3) is 0 Å². The average molecular weight is 208 g/mol. The summed E-state index contributed by atoms with van der Waals surface area (Å²) in [7, 11) is 0. The SMILES string of the molecule is Cc1sc(C)c2c1CCCC(C)(C)C2. The maximum atomic E-state index is 2.41. The molecule has 1 heterocycles. The highest BCUT2D eigenvalue weighted by Crippen LogP contribution is 2.39. The summed E-state index contributed by atoms with van der Waals surface area (Å²) in [6, 6.07) is 0. The van der Waals surface area contributed by atoms with E-state index < -0.39 is 0 Å². The van der Waals surface area contributed by atoms with Crippen LogP contribution in [0.2, 0.25) is 0 Å². The van der Waals surface area contributed by atoms with E-state index >= 15 is 0 Å². The third kappa shape index (κ3) is 1.75. The summed E-state index contributed by atoms with van der Waals surface area (Å²) in [5, 5.41) is 0. The Bertz CT molecular complexity index is 344. The number of hydrogen-bond donors (Lipinski definition) is 0. The molecule has 0 spiro atoms. The molecule has 0 saturated heterocycles. The van der Waals surface area contributed by atoms with E-state index in [0.717, 1.165) is 0 Å². The third-order valence-electron chi connectivity index (χ3n) is 3.46. The lowest BCUT2D eigenvalue weighted by Gasteiger charge is -2.22. The zero-order valence-corrected chi connectivity index (χ0v) is 10.6. The van der Waals surface area contributed by atoms with Crippen molar-refractivity contribution < 1.29 is 0 Å². The third-order valence-corrected chi connectivity index (χ3v) is 4.56. The smallest absolute Gasteiger partial charge is 0.00520 e. The van der Waals surface area contributed by atoms with E-state index in [1.807, 2.05) is 11.3 Å². The molecule has 0 bridgehead atoms. The Balaban J connectivity index is 2.44. The molecule has 1 aromatic rings. The Morgan fingerprint density at radius 2 is 1.71 bits per heavy atom. The van der Waals surface area contributed by atoms with Gasteiger partial charge in [0.2, 0.25) is 0 Å². The number of hydrogen-bond acceptors (Lipinski definition) is 1. The number of rotatable bonds is 0. The van der Waals surface area contributed by atoms with Crippen molar-refractivity contribution in [2.24, 2.45) is 5.41 Å². The van der Waals surface area contributed by atoms with Crippen LogP contribution in [0.15, 0.2) is 0 Å². The Labute approximate surface area is 91.4 Å². The first-order chi connectivity index (χ1) is 6.49. The van der Waals surface area contributed by atoms with Crippen LogP contribution in [0.5, 0.6) is 0 Å². The molecule has 1 aliphatic carbocycles. The fourth-order valence-corrected chi connectivity index (χ4v) is 3.77. The van der Waals surface area contributed by atoms with Crippen molar-refractivity contribution in [1.82, 2.24) is 0 Å². The molecular formula is C13H20S. The molecule has 0 nitrogen and oxygen atoms in total. The average Bonchev–Trinajstić information content (AvgIpc) is 2.29. The summed E-state index contributed by atoms with van der Waals surface area (Å²) in [4.78, 5) is 3.13. The molecule has 0 amide bonds. The molecule has 0 aromatic carbocycles. The quantitative estimate of drug-likeness (QED) is 0.559. The van der Waals surface area contributed by atoms with Crippen LogP contribution in [0.4, 0.5) is 0 Å². The lowest BCUT2D eigenvalue weighted by Crippen LogP contribution is -2.13. The first-order valence-corrected chi connectivity index (χ1v) is 6.39. The van der Waals surface area contributed by atoms with Crippen molar-refractivity contribution in [2.45, 2.75) is 53.4 Å². The maximum Gasteiger partial charge on any atom is 0.00520 e. The molecule has 0 radical (unpaired) electrons. The van der Waals surface area contributed by atoms with Crippen LogP contribution in [-0.2, 0) is 12.8 Å². The summed E-state index contributed by atoms with van der Waals surface area (Å²) in [6.45, 7) is 9.40. The van der Waals surface area contributed by atoms with Crippen LogP contribution >= 0.6 is 11.3 Å². The van der Waals surface area contributed by atoms with Gasteiger partial charge in [0.05, 0.1) is 0 Å². The molecule has 78 valence electrons. The largest absolute Gasteiger partial charge is 0.145 e. The summed E-state index contributed by atoms with van der Waals surface area (Å²) in [6.07, 6.45) is 5.36. The van der Waals surface area contributed by atoms with Crippen molar-refractivity contribution in [3.8, 4) is 0 Å². The van der Waals surface area contributed by atoms with Crippen LogP contribution in [-0.4, -0.2) is 0 Å². The van der Waals surface area contributed by atoms with Gasteiger partial charge in [0, 0.05) is 9.75 Å². The minimum atomic E-state index is 0.517. The molecule has 1 aliphatic rings. The van der Waals surface area contributed by atoms with E-state index in [9.17, 15) is 0 Å². The molecule has 0 unspecified atom stereocenters. The van der Waals surface area contributed by atoms with Gasteiger partial charge in [0.1, 0.15) is 0 Å². The van der Waals surface area contributed by atoms with Crippen molar-refractivity contribution in [3.05, 3.63) is 20.9 Å². The fourth-order valence-electron chi connectivity index (χ4n) is 2.65. The summed E-state index contributed by atoms with van der Waals surface area (Å²) in [5.41, 5.74) is 3.87. The second kappa shape index (κ2) is 3.37. The standard InChI is InChI=1S/C13H20S/c1-9-11-6-5-7-13(3,4)8-12(11)10(2)14-9/h5-8H2,1-4H3. The first-order valence-electron chi connectivity index (χ1n) is 5.57. The monoisotopic (exact) mass is 208 g/mol. The van der Waals surface area contributed by atoms with Gasteiger partial charge in [-0.05, 0) is 56.1 Å². The van der Waals surface area contributed by atoms with Gasteiger partial charge in [-0.3, -0.25) is 0 Å². The number of aryl methyl sites for hydroxylation is 2. The summed E-state index contributed by atoms with van der Waals surface area (Å²) in [5.74, 6) is 0. The van der Waals surface area contributed by atoms with Gasteiger partial charge in [0.25, 0.3) is 0 Å². The molecule has 0 N–H and O–H groups in total. The second-order valence-electron chi connectivity index (χ2n) is 5.37. The van der Waals surface area contributed by atoms with Gasteiger partial charge in [-0.2, -0.15) is 0 Å². The minimum absolute atomic E-state index is 0.517. The number of fused-ring (bicyclic) bond motifs is 1. The molecule has 1 heteroatoms. The first kappa shape index (κ1) is 10.2. The predicted molar refractivity (Wildman–Crippen MR) is 64.2 cm³/mol. The van der Waals surface area contributed by atoms with Crippen molar-refractivity contribution in [1.29, 1.82) is 0 Å². The van der Waals surface area contributed by atoms with Crippen molar-refractivity contribution >= 4 is 11.3 Å². The van der Waals surface area contributed by atoms with E-state index in [1.54, 1.807) is 20.9 Å². The lowest BCUT2D eigenvalue weighted by molar-refractivity contribution is 0.332. The second-order valence-corrected chi connectivity index (χ2v) is 6.79. The Kier molecular flexibility index (Phi) is 2.46. The van der Waals surface area contributed by atoms with Gasteiger partial charge < -0.3 is 0 Å². The van der Waals surface area contributed by atoms with E-state index in [4.69, 9.17) is 0 Å². The number of thiophene rings is 1. The van der Waals surface area contributed by atoms with Gasteiger partial charge in [-0.15, -0.1) is 11.3 Å². The van der Waals surface area contributed by atoms with Crippen molar-refractivity contribution in [2.75, 3.05) is 0 Å². The Morgan fingerprint density at radius 3 is 2.43 bits per heavy atom. The molecule has 14 heavy (non-hydrogen) atoms. The maximum absolute atomic E-state index is 2.41. The predicted octanol–water partition coefficient (Wildman–Crippen LogP) is 4.27. The summed E-state index contributed by atoms with van der Waals surface area (Å²) < 4.78 is 0. The van der Waals surface area contributed by atoms with E-state index in [0.29, 0.717) is 5.41 Å². The van der Waals surface area contributed by atoms with Crippen LogP contribution in [0, 0.1) is 19.3 Å². The highest BCUT2D eigenvalue weighted by Gasteiger charge is 2.26. The Hall–Kier alpha value is -0.300. The van der Waals surface area contributed by atoms with Crippen molar-refractivity contribution in [3.63, 3.8) is 0 Å². The molecular weight excluding hydrogens is 188 g/mol. The minimum Gasteiger partial charge on any atom is -0.145 e. The molecule has 0 fully saturated rings. The molecule has 0 saturated carbocycles. The zero-order chi connectivity index (χ0) is 10.3. The van der Waals surface area contributed by atoms with Crippen LogP contribution in [0.3, 0.4) is 0 Å². The topological polar surface area (TPSA) is 0 Å². The van der Waals surface area contributed by atoms with Crippen LogP contribution in [0.1, 0.15) is 47.6 Å². The molecule has 2 rings (SSSR count). The molecule has 0 aliphatic heterocycles. The normalized spacial score (nSPS) is 20.3.